The molecule has 0 unspecified atom stereocenters. The molecule has 1 aromatic rings. The SMILES string of the molecule is COc1cc(C)c2c(c1C)C[C@@H]([C@@H](C)C(=O)O)CC2. The van der Waals surface area contributed by atoms with Crippen LogP contribution in [0.3, 0.4) is 0 Å². The molecule has 0 fully saturated rings. The van der Waals surface area contributed by atoms with Gasteiger partial charge in [0.25, 0.3) is 0 Å². The summed E-state index contributed by atoms with van der Waals surface area (Å²) in [5, 5.41) is 9.18. The second-order valence-corrected chi connectivity index (χ2v) is 5.61. The number of carboxylic acid groups (broad SMARTS) is 1. The van der Waals surface area contributed by atoms with Crippen LogP contribution in [0, 0.1) is 25.7 Å². The predicted molar refractivity (Wildman–Crippen MR) is 74.8 cm³/mol. The summed E-state index contributed by atoms with van der Waals surface area (Å²) < 4.78 is 5.42. The first-order chi connectivity index (χ1) is 8.95. The number of hydrogen-bond donors (Lipinski definition) is 1. The summed E-state index contributed by atoms with van der Waals surface area (Å²) in [5.74, 6) is 0.180. The zero-order valence-corrected chi connectivity index (χ0v) is 12.1. The van der Waals surface area contributed by atoms with Crippen LogP contribution in [0.25, 0.3) is 0 Å². The van der Waals surface area contributed by atoms with Gasteiger partial charge in [0.1, 0.15) is 5.75 Å². The predicted octanol–water partition coefficient (Wildman–Crippen LogP) is 3.14. The number of rotatable bonds is 3. The molecule has 0 spiro atoms. The van der Waals surface area contributed by atoms with Crippen molar-refractivity contribution < 1.29 is 14.6 Å². The fourth-order valence-electron chi connectivity index (χ4n) is 3.16. The van der Waals surface area contributed by atoms with Gasteiger partial charge in [0.05, 0.1) is 13.0 Å². The molecule has 1 aromatic carbocycles. The van der Waals surface area contributed by atoms with E-state index in [1.165, 1.54) is 22.3 Å². The minimum atomic E-state index is -0.689. The molecule has 0 bridgehead atoms. The summed E-state index contributed by atoms with van der Waals surface area (Å²) >= 11 is 0. The largest absolute Gasteiger partial charge is 0.496 e. The van der Waals surface area contributed by atoms with E-state index >= 15 is 0 Å². The first-order valence-electron chi connectivity index (χ1n) is 6.84. The van der Waals surface area contributed by atoms with Gasteiger partial charge in [-0.2, -0.15) is 0 Å². The average Bonchev–Trinajstić information content (AvgIpc) is 2.41. The maximum atomic E-state index is 11.2. The molecule has 1 aliphatic carbocycles. The maximum absolute atomic E-state index is 11.2. The Morgan fingerprint density at radius 1 is 1.42 bits per heavy atom. The van der Waals surface area contributed by atoms with E-state index in [0.29, 0.717) is 0 Å². The highest BCUT2D eigenvalue weighted by Gasteiger charge is 2.29. The zero-order valence-electron chi connectivity index (χ0n) is 12.1. The van der Waals surface area contributed by atoms with E-state index in [9.17, 15) is 9.90 Å². The van der Waals surface area contributed by atoms with Crippen LogP contribution in [-0.2, 0) is 17.6 Å². The second kappa shape index (κ2) is 5.24. The molecule has 0 radical (unpaired) electrons. The molecule has 0 saturated carbocycles. The van der Waals surface area contributed by atoms with Crippen molar-refractivity contribution in [3.8, 4) is 5.75 Å². The Morgan fingerprint density at radius 3 is 2.68 bits per heavy atom. The molecule has 2 atom stereocenters. The Hall–Kier alpha value is -1.51. The Balaban J connectivity index is 2.38. The highest BCUT2D eigenvalue weighted by molar-refractivity contribution is 5.70. The van der Waals surface area contributed by atoms with Gasteiger partial charge in [-0.3, -0.25) is 4.79 Å². The number of hydrogen-bond acceptors (Lipinski definition) is 2. The molecule has 0 aromatic heterocycles. The van der Waals surface area contributed by atoms with Crippen LogP contribution in [0.2, 0.25) is 0 Å². The molecular formula is C16H22O3. The highest BCUT2D eigenvalue weighted by atomic mass is 16.5. The van der Waals surface area contributed by atoms with Crippen LogP contribution < -0.4 is 4.74 Å². The summed E-state index contributed by atoms with van der Waals surface area (Å²) in [6.07, 6.45) is 2.80. The Morgan fingerprint density at radius 2 is 2.11 bits per heavy atom. The molecule has 0 aliphatic heterocycles. The van der Waals surface area contributed by atoms with Gasteiger partial charge in [0.15, 0.2) is 0 Å². The number of carbonyl (C=O) groups is 1. The summed E-state index contributed by atoms with van der Waals surface area (Å²) in [6, 6.07) is 2.09. The van der Waals surface area contributed by atoms with Gasteiger partial charge in [-0.05, 0) is 67.3 Å². The van der Waals surface area contributed by atoms with E-state index in [1.54, 1.807) is 7.11 Å². The van der Waals surface area contributed by atoms with Crippen molar-refractivity contribution in [2.45, 2.75) is 40.0 Å². The van der Waals surface area contributed by atoms with Crippen molar-refractivity contribution in [2.24, 2.45) is 11.8 Å². The smallest absolute Gasteiger partial charge is 0.306 e. The summed E-state index contributed by atoms with van der Waals surface area (Å²) in [5.41, 5.74) is 5.14. The quantitative estimate of drug-likeness (QED) is 0.910. The maximum Gasteiger partial charge on any atom is 0.306 e. The Labute approximate surface area is 114 Å². The van der Waals surface area contributed by atoms with Crippen molar-refractivity contribution in [2.75, 3.05) is 7.11 Å². The Kier molecular flexibility index (Phi) is 3.83. The van der Waals surface area contributed by atoms with E-state index in [0.717, 1.165) is 25.0 Å². The molecule has 1 N–H and O–H groups in total. The minimum Gasteiger partial charge on any atom is -0.496 e. The lowest BCUT2D eigenvalue weighted by Gasteiger charge is -2.30. The van der Waals surface area contributed by atoms with Crippen molar-refractivity contribution in [1.29, 1.82) is 0 Å². The van der Waals surface area contributed by atoms with E-state index < -0.39 is 5.97 Å². The van der Waals surface area contributed by atoms with Crippen molar-refractivity contribution in [3.05, 3.63) is 28.3 Å². The number of carboxylic acids is 1. The highest BCUT2D eigenvalue weighted by Crippen LogP contribution is 2.37. The van der Waals surface area contributed by atoms with Gasteiger partial charge in [0, 0.05) is 0 Å². The first kappa shape index (κ1) is 13.9. The van der Waals surface area contributed by atoms with Crippen molar-refractivity contribution >= 4 is 5.97 Å². The molecule has 0 heterocycles. The van der Waals surface area contributed by atoms with Crippen LogP contribution in [0.1, 0.15) is 35.6 Å². The molecule has 0 amide bonds. The topological polar surface area (TPSA) is 46.5 Å². The summed E-state index contributed by atoms with van der Waals surface area (Å²) in [7, 11) is 1.69. The Bertz CT molecular complexity index is 505. The van der Waals surface area contributed by atoms with Gasteiger partial charge in [-0.25, -0.2) is 0 Å². The van der Waals surface area contributed by atoms with E-state index in [2.05, 4.69) is 19.9 Å². The summed E-state index contributed by atoms with van der Waals surface area (Å²) in [6.45, 7) is 6.01. The average molecular weight is 262 g/mol. The molecule has 3 heteroatoms. The van der Waals surface area contributed by atoms with E-state index in [4.69, 9.17) is 4.74 Å². The second-order valence-electron chi connectivity index (χ2n) is 5.61. The molecule has 2 rings (SSSR count). The standard InChI is InChI=1S/C16H22O3/c1-9-7-15(19-4)11(3)14-8-12(5-6-13(9)14)10(2)16(17)18/h7,10,12H,5-6,8H2,1-4H3,(H,17,18)/t10-,12+/m1/s1. The van der Waals surface area contributed by atoms with Crippen LogP contribution in [0.5, 0.6) is 5.75 Å². The molecule has 3 nitrogen and oxygen atoms in total. The fraction of sp³-hybridized carbons (Fsp3) is 0.562. The number of benzene rings is 1. The third-order valence-corrected chi connectivity index (χ3v) is 4.56. The molecule has 104 valence electrons. The van der Waals surface area contributed by atoms with Gasteiger partial charge >= 0.3 is 5.97 Å². The molecule has 0 saturated heterocycles. The fourth-order valence-corrected chi connectivity index (χ4v) is 3.16. The third kappa shape index (κ3) is 2.46. The zero-order chi connectivity index (χ0) is 14.2. The number of aliphatic carboxylic acids is 1. The van der Waals surface area contributed by atoms with Crippen molar-refractivity contribution in [3.63, 3.8) is 0 Å². The van der Waals surface area contributed by atoms with Crippen LogP contribution in [0.4, 0.5) is 0 Å². The van der Waals surface area contributed by atoms with Crippen LogP contribution in [-0.4, -0.2) is 18.2 Å². The summed E-state index contributed by atoms with van der Waals surface area (Å²) in [4.78, 5) is 11.2. The van der Waals surface area contributed by atoms with Gasteiger partial charge < -0.3 is 9.84 Å². The van der Waals surface area contributed by atoms with Crippen LogP contribution in [0.15, 0.2) is 6.07 Å². The first-order valence-corrected chi connectivity index (χ1v) is 6.84. The lowest BCUT2D eigenvalue weighted by Crippen LogP contribution is -2.27. The lowest BCUT2D eigenvalue weighted by molar-refractivity contribution is -0.143. The molecular weight excluding hydrogens is 240 g/mol. The van der Waals surface area contributed by atoms with Gasteiger partial charge in [0.2, 0.25) is 0 Å². The van der Waals surface area contributed by atoms with E-state index in [1.807, 2.05) is 6.92 Å². The third-order valence-electron chi connectivity index (χ3n) is 4.56. The van der Waals surface area contributed by atoms with E-state index in [-0.39, 0.29) is 11.8 Å². The normalized spacial score (nSPS) is 19.7. The lowest BCUT2D eigenvalue weighted by atomic mass is 9.75. The molecule has 1 aliphatic rings. The monoisotopic (exact) mass is 262 g/mol. The van der Waals surface area contributed by atoms with Crippen molar-refractivity contribution in [1.82, 2.24) is 0 Å². The number of ether oxygens (including phenoxy) is 1. The van der Waals surface area contributed by atoms with Crippen LogP contribution >= 0.6 is 0 Å². The molecule has 19 heavy (non-hydrogen) atoms. The van der Waals surface area contributed by atoms with Gasteiger partial charge in [-0.15, -0.1) is 0 Å². The number of fused-ring (bicyclic) bond motifs is 1. The minimum absolute atomic E-state index is 0.232. The number of aryl methyl sites for hydroxylation is 1. The number of methoxy groups -OCH3 is 1. The van der Waals surface area contributed by atoms with Gasteiger partial charge in [-0.1, -0.05) is 6.92 Å².